The van der Waals surface area contributed by atoms with Gasteiger partial charge in [0.05, 0.1) is 11.1 Å². The average Bonchev–Trinajstić information content (AvgIpc) is 2.66. The molecule has 1 saturated heterocycles. The zero-order valence-electron chi connectivity index (χ0n) is 17.1. The number of likely N-dealkylation sites (N-methyl/N-ethyl adjacent to an activating group) is 1. The third-order valence-electron chi connectivity index (χ3n) is 6.53. The predicted molar refractivity (Wildman–Crippen MR) is 110 cm³/mol. The Morgan fingerprint density at radius 1 is 1.10 bits per heavy atom. The van der Waals surface area contributed by atoms with Crippen molar-refractivity contribution in [2.45, 2.75) is 49.7 Å². The van der Waals surface area contributed by atoms with Crippen molar-refractivity contribution >= 4 is 5.91 Å². The van der Waals surface area contributed by atoms with Crippen molar-refractivity contribution in [3.05, 3.63) is 70.8 Å². The zero-order valence-corrected chi connectivity index (χ0v) is 17.1. The van der Waals surface area contributed by atoms with Crippen LogP contribution in [0.4, 0.5) is 13.2 Å². The summed E-state index contributed by atoms with van der Waals surface area (Å²) in [5.41, 5.74) is 0.695. The minimum Gasteiger partial charge on any atom is -0.341 e. The molecule has 0 radical (unpaired) electrons. The van der Waals surface area contributed by atoms with E-state index in [2.05, 4.69) is 10.2 Å². The summed E-state index contributed by atoms with van der Waals surface area (Å²) < 4.78 is 39.8. The monoisotopic (exact) mass is 416 g/mol. The molecule has 2 aromatic carbocycles. The molecule has 6 heteroatoms. The Balaban J connectivity index is 1.69. The Hall–Kier alpha value is -2.34. The van der Waals surface area contributed by atoms with E-state index in [4.69, 9.17) is 0 Å². The van der Waals surface area contributed by atoms with Crippen LogP contribution in [0, 0.1) is 0 Å². The van der Waals surface area contributed by atoms with Gasteiger partial charge < -0.3 is 10.2 Å². The van der Waals surface area contributed by atoms with Crippen molar-refractivity contribution < 1.29 is 18.0 Å². The number of nitrogens with one attached hydrogen (secondary N) is 1. The van der Waals surface area contributed by atoms with Crippen molar-refractivity contribution in [3.63, 3.8) is 0 Å². The molecule has 0 aromatic heterocycles. The van der Waals surface area contributed by atoms with Gasteiger partial charge in [-0.15, -0.1) is 0 Å². The fraction of sp³-hybridized carbons (Fsp3) is 0.458. The summed E-state index contributed by atoms with van der Waals surface area (Å²) in [4.78, 5) is 15.6. The van der Waals surface area contributed by atoms with Crippen molar-refractivity contribution in [1.82, 2.24) is 10.2 Å². The number of nitrogens with zero attached hydrogens (tertiary/aromatic N) is 1. The Bertz CT molecular complexity index is 908. The highest BCUT2D eigenvalue weighted by Crippen LogP contribution is 2.41. The lowest BCUT2D eigenvalue weighted by atomic mass is 9.77. The molecule has 30 heavy (non-hydrogen) atoms. The van der Waals surface area contributed by atoms with Gasteiger partial charge in [-0.05, 0) is 74.5 Å². The fourth-order valence-corrected chi connectivity index (χ4v) is 4.72. The molecular formula is C24H27F3N2O. The standard InChI is InChI=1S/C24H27F3N2O/c1-29-14-6-13-23(16-29,18-9-3-2-4-10-18)28-22(30)20-12-11-19(24(25,26)27)15-21(20)17-7-5-8-17/h2-4,9-12,15,17H,5-8,13-14,16H2,1H3,(H,28,30). The molecule has 4 rings (SSSR count). The Labute approximate surface area is 175 Å². The molecule has 2 aromatic rings. The summed E-state index contributed by atoms with van der Waals surface area (Å²) in [7, 11) is 2.03. The third-order valence-corrected chi connectivity index (χ3v) is 6.53. The number of carbonyl (C=O) groups is 1. The molecule has 0 spiro atoms. The molecule has 160 valence electrons. The molecule has 2 fully saturated rings. The highest BCUT2D eigenvalue weighted by atomic mass is 19.4. The van der Waals surface area contributed by atoms with E-state index in [1.807, 2.05) is 37.4 Å². The molecule has 1 saturated carbocycles. The first kappa shape index (κ1) is 20.9. The Morgan fingerprint density at radius 3 is 2.43 bits per heavy atom. The summed E-state index contributed by atoms with van der Waals surface area (Å²) in [6, 6.07) is 13.4. The van der Waals surface area contributed by atoms with E-state index >= 15 is 0 Å². The minimum atomic E-state index is -4.41. The molecule has 1 heterocycles. The molecule has 0 bridgehead atoms. The number of alkyl halides is 3. The molecule has 1 aliphatic carbocycles. The first-order valence-electron chi connectivity index (χ1n) is 10.6. The number of likely N-dealkylation sites (tertiary alicyclic amines) is 1. The lowest BCUT2D eigenvalue weighted by Gasteiger charge is -2.43. The topological polar surface area (TPSA) is 32.3 Å². The summed E-state index contributed by atoms with van der Waals surface area (Å²) in [5, 5.41) is 3.24. The van der Waals surface area contributed by atoms with E-state index in [-0.39, 0.29) is 11.8 Å². The van der Waals surface area contributed by atoms with Crippen LogP contribution < -0.4 is 5.32 Å². The number of hydrogen-bond acceptors (Lipinski definition) is 2. The predicted octanol–water partition coefficient (Wildman–Crippen LogP) is 5.32. The maximum Gasteiger partial charge on any atom is 0.416 e. The lowest BCUT2D eigenvalue weighted by Crippen LogP contribution is -2.55. The van der Waals surface area contributed by atoms with E-state index in [9.17, 15) is 18.0 Å². The number of hydrogen-bond donors (Lipinski definition) is 1. The maximum absolute atomic E-state index is 13.4. The summed E-state index contributed by atoms with van der Waals surface area (Å²) in [6.45, 7) is 1.63. The fourth-order valence-electron chi connectivity index (χ4n) is 4.72. The van der Waals surface area contributed by atoms with E-state index in [0.29, 0.717) is 17.7 Å². The van der Waals surface area contributed by atoms with Gasteiger partial charge in [0.1, 0.15) is 0 Å². The molecule has 1 unspecified atom stereocenters. The van der Waals surface area contributed by atoms with Gasteiger partial charge in [-0.1, -0.05) is 36.8 Å². The summed E-state index contributed by atoms with van der Waals surface area (Å²) >= 11 is 0. The van der Waals surface area contributed by atoms with Crippen LogP contribution in [0.2, 0.25) is 0 Å². The van der Waals surface area contributed by atoms with Gasteiger partial charge >= 0.3 is 6.18 Å². The number of piperidine rings is 1. The lowest BCUT2D eigenvalue weighted by molar-refractivity contribution is -0.137. The van der Waals surface area contributed by atoms with Crippen LogP contribution in [0.3, 0.4) is 0 Å². The van der Waals surface area contributed by atoms with Gasteiger partial charge in [-0.3, -0.25) is 4.79 Å². The van der Waals surface area contributed by atoms with Gasteiger partial charge in [0, 0.05) is 12.1 Å². The molecule has 1 atom stereocenters. The average molecular weight is 416 g/mol. The second kappa shape index (κ2) is 8.06. The van der Waals surface area contributed by atoms with Crippen molar-refractivity contribution in [2.75, 3.05) is 20.1 Å². The maximum atomic E-state index is 13.4. The van der Waals surface area contributed by atoms with E-state index < -0.39 is 17.3 Å². The summed E-state index contributed by atoms with van der Waals surface area (Å²) in [5.74, 6) is -0.264. The Kier molecular flexibility index (Phi) is 5.62. The highest BCUT2D eigenvalue weighted by Gasteiger charge is 2.39. The number of benzene rings is 2. The normalized spacial score (nSPS) is 23.1. The van der Waals surface area contributed by atoms with E-state index in [0.717, 1.165) is 50.3 Å². The van der Waals surface area contributed by atoms with Crippen LogP contribution >= 0.6 is 0 Å². The summed E-state index contributed by atoms with van der Waals surface area (Å²) in [6.07, 6.45) is -0.0332. The first-order valence-corrected chi connectivity index (χ1v) is 10.6. The SMILES string of the molecule is CN1CCCC(NC(=O)c2ccc(C(F)(F)F)cc2C2CCC2)(c2ccccc2)C1. The van der Waals surface area contributed by atoms with Crippen LogP contribution in [0.1, 0.15) is 65.1 Å². The molecule has 1 N–H and O–H groups in total. The van der Waals surface area contributed by atoms with Gasteiger partial charge in [0.25, 0.3) is 5.91 Å². The zero-order chi connectivity index (χ0) is 21.4. The largest absolute Gasteiger partial charge is 0.416 e. The molecule has 3 nitrogen and oxygen atoms in total. The van der Waals surface area contributed by atoms with Gasteiger partial charge in [0.2, 0.25) is 0 Å². The van der Waals surface area contributed by atoms with Crippen molar-refractivity contribution in [3.8, 4) is 0 Å². The number of amides is 1. The third kappa shape index (κ3) is 4.10. The number of carbonyl (C=O) groups excluding carboxylic acids is 1. The van der Waals surface area contributed by atoms with E-state index in [1.54, 1.807) is 0 Å². The van der Waals surface area contributed by atoms with Gasteiger partial charge in [0.15, 0.2) is 0 Å². The van der Waals surface area contributed by atoms with Crippen molar-refractivity contribution in [2.24, 2.45) is 0 Å². The van der Waals surface area contributed by atoms with Crippen LogP contribution in [-0.2, 0) is 11.7 Å². The second-order valence-electron chi connectivity index (χ2n) is 8.67. The van der Waals surface area contributed by atoms with Gasteiger partial charge in [-0.25, -0.2) is 0 Å². The number of rotatable bonds is 4. The highest BCUT2D eigenvalue weighted by molar-refractivity contribution is 5.96. The van der Waals surface area contributed by atoms with Crippen LogP contribution in [-0.4, -0.2) is 30.9 Å². The van der Waals surface area contributed by atoms with Crippen LogP contribution in [0.15, 0.2) is 48.5 Å². The van der Waals surface area contributed by atoms with Crippen LogP contribution in [0.5, 0.6) is 0 Å². The van der Waals surface area contributed by atoms with Crippen LogP contribution in [0.25, 0.3) is 0 Å². The molecule has 1 aliphatic heterocycles. The smallest absolute Gasteiger partial charge is 0.341 e. The quantitative estimate of drug-likeness (QED) is 0.731. The first-order chi connectivity index (χ1) is 14.3. The molecule has 1 amide bonds. The second-order valence-corrected chi connectivity index (χ2v) is 8.67. The minimum absolute atomic E-state index is 0.0229. The van der Waals surface area contributed by atoms with Crippen molar-refractivity contribution in [1.29, 1.82) is 0 Å². The number of halogens is 3. The van der Waals surface area contributed by atoms with E-state index in [1.165, 1.54) is 12.1 Å². The van der Waals surface area contributed by atoms with Gasteiger partial charge in [-0.2, -0.15) is 13.2 Å². The Morgan fingerprint density at radius 2 is 1.83 bits per heavy atom. The molecule has 2 aliphatic rings. The molecular weight excluding hydrogens is 389 g/mol.